The molecule has 2 radical (unpaired) electrons. The van der Waals surface area contributed by atoms with E-state index < -0.39 is 5.69 Å². The van der Waals surface area contributed by atoms with Gasteiger partial charge in [0, 0.05) is 10.0 Å². The zero-order valence-electron chi connectivity index (χ0n) is 7.03. The van der Waals surface area contributed by atoms with Gasteiger partial charge in [-0.25, -0.2) is 0 Å². The van der Waals surface area contributed by atoms with Gasteiger partial charge in [0.2, 0.25) is 6.79 Å². The van der Waals surface area contributed by atoms with Gasteiger partial charge >= 0.3 is 0 Å². The maximum Gasteiger partial charge on any atom is 0.231 e. The Morgan fingerprint density at radius 3 is 2.71 bits per heavy atom. The molecule has 0 aromatic heterocycles. The zero-order valence-corrected chi connectivity index (χ0v) is 8.61. The number of hydrogen-bond donors (Lipinski definition) is 2. The quantitative estimate of drug-likeness (QED) is 0.566. The van der Waals surface area contributed by atoms with Gasteiger partial charge in [0.15, 0.2) is 19.3 Å². The van der Waals surface area contributed by atoms with Crippen molar-refractivity contribution in [2.45, 2.75) is 5.69 Å². The molecular weight excluding hydrogens is 251 g/mol. The molecule has 2 rings (SSSR count). The second-order valence-corrected chi connectivity index (χ2v) is 3.83. The van der Waals surface area contributed by atoms with Crippen molar-refractivity contribution in [1.82, 2.24) is 0 Å². The largest absolute Gasteiger partial charge is 0.454 e. The van der Waals surface area contributed by atoms with Crippen molar-refractivity contribution < 1.29 is 19.7 Å². The standard InChI is InChI=1S/C8H6BBrO4/c9-8(11,12)5-1-4(10)2-6-7(5)14-3-13-6/h1-2,11-12H,3H2. The molecule has 2 N–H and O–H groups in total. The molecule has 6 heteroatoms. The van der Waals surface area contributed by atoms with Gasteiger partial charge in [-0.3, -0.25) is 0 Å². The van der Waals surface area contributed by atoms with E-state index in [2.05, 4.69) is 15.9 Å². The average Bonchev–Trinajstić information content (AvgIpc) is 2.47. The van der Waals surface area contributed by atoms with Crippen LogP contribution in [0.3, 0.4) is 0 Å². The van der Waals surface area contributed by atoms with Crippen LogP contribution in [0, 0.1) is 0 Å². The van der Waals surface area contributed by atoms with Gasteiger partial charge in [-0.15, -0.1) is 0 Å². The lowest BCUT2D eigenvalue weighted by Crippen LogP contribution is -2.25. The lowest BCUT2D eigenvalue weighted by atomic mass is 9.87. The highest BCUT2D eigenvalue weighted by molar-refractivity contribution is 9.10. The highest BCUT2D eigenvalue weighted by Crippen LogP contribution is 2.41. The number of rotatable bonds is 1. The fourth-order valence-electron chi connectivity index (χ4n) is 1.25. The summed E-state index contributed by atoms with van der Waals surface area (Å²) in [6.07, 6.45) is 0. The monoisotopic (exact) mass is 256 g/mol. The first-order valence-electron chi connectivity index (χ1n) is 3.82. The van der Waals surface area contributed by atoms with E-state index in [9.17, 15) is 10.2 Å². The van der Waals surface area contributed by atoms with Gasteiger partial charge in [0.25, 0.3) is 0 Å². The Hall–Kier alpha value is -0.715. The third-order valence-electron chi connectivity index (χ3n) is 1.83. The van der Waals surface area contributed by atoms with Crippen molar-refractivity contribution in [2.75, 3.05) is 6.79 Å². The molecule has 72 valence electrons. The number of aliphatic hydroxyl groups is 2. The molecule has 0 saturated heterocycles. The lowest BCUT2D eigenvalue weighted by Gasteiger charge is -2.19. The summed E-state index contributed by atoms with van der Waals surface area (Å²) in [5.41, 5.74) is -2.36. The molecule has 0 unspecified atom stereocenters. The van der Waals surface area contributed by atoms with Crippen molar-refractivity contribution in [3.8, 4) is 11.5 Å². The molecule has 0 spiro atoms. The number of fused-ring (bicyclic) bond motifs is 1. The Kier molecular flexibility index (Phi) is 2.21. The topological polar surface area (TPSA) is 58.9 Å². The summed E-state index contributed by atoms with van der Waals surface area (Å²) < 4.78 is 10.8. The number of ether oxygens (including phenoxy) is 2. The average molecular weight is 257 g/mol. The molecule has 0 atom stereocenters. The summed E-state index contributed by atoms with van der Waals surface area (Å²) >= 11 is 3.19. The fourth-order valence-corrected chi connectivity index (χ4v) is 1.69. The van der Waals surface area contributed by atoms with Crippen LogP contribution >= 0.6 is 15.9 Å². The van der Waals surface area contributed by atoms with Crippen molar-refractivity contribution in [1.29, 1.82) is 0 Å². The number of hydrogen-bond acceptors (Lipinski definition) is 4. The van der Waals surface area contributed by atoms with Gasteiger partial charge in [-0.1, -0.05) is 15.9 Å². The van der Waals surface area contributed by atoms with Crippen LogP contribution in [0.5, 0.6) is 11.5 Å². The van der Waals surface area contributed by atoms with Crippen molar-refractivity contribution in [3.63, 3.8) is 0 Å². The van der Waals surface area contributed by atoms with Gasteiger partial charge in [0.05, 0.1) is 0 Å². The number of benzene rings is 1. The van der Waals surface area contributed by atoms with Gasteiger partial charge in [0.1, 0.15) is 5.69 Å². The minimum atomic E-state index is -2.43. The molecule has 4 nitrogen and oxygen atoms in total. The maximum absolute atomic E-state index is 9.25. The second kappa shape index (κ2) is 3.15. The van der Waals surface area contributed by atoms with E-state index in [4.69, 9.17) is 17.3 Å². The fraction of sp³-hybridized carbons (Fsp3) is 0.250. The van der Waals surface area contributed by atoms with E-state index in [1.165, 1.54) is 6.07 Å². The van der Waals surface area contributed by atoms with Crippen LogP contribution in [0.15, 0.2) is 16.6 Å². The minimum Gasteiger partial charge on any atom is -0.454 e. The summed E-state index contributed by atoms with van der Waals surface area (Å²) in [6, 6.07) is 3.13. The molecular formula is C8H6BBrO4. The highest BCUT2D eigenvalue weighted by Gasteiger charge is 2.28. The van der Waals surface area contributed by atoms with E-state index in [0.29, 0.717) is 10.2 Å². The zero-order chi connectivity index (χ0) is 10.3. The third-order valence-corrected chi connectivity index (χ3v) is 2.29. The normalized spacial score (nSPS) is 14.5. The van der Waals surface area contributed by atoms with Crippen molar-refractivity contribution >= 4 is 23.8 Å². The van der Waals surface area contributed by atoms with Crippen LogP contribution < -0.4 is 9.47 Å². The lowest BCUT2D eigenvalue weighted by molar-refractivity contribution is -0.0923. The Bertz CT molecular complexity index is 374. The third kappa shape index (κ3) is 1.60. The molecule has 1 aromatic rings. The van der Waals surface area contributed by atoms with Crippen LogP contribution in [0.2, 0.25) is 0 Å². The van der Waals surface area contributed by atoms with E-state index in [-0.39, 0.29) is 18.1 Å². The van der Waals surface area contributed by atoms with Crippen LogP contribution in [-0.4, -0.2) is 24.9 Å². The van der Waals surface area contributed by atoms with E-state index >= 15 is 0 Å². The predicted octanol–water partition coefficient (Wildman–Crippen LogP) is 0.441. The highest BCUT2D eigenvalue weighted by atomic mass is 79.9. The van der Waals surface area contributed by atoms with Crippen LogP contribution in [0.1, 0.15) is 5.56 Å². The molecule has 0 amide bonds. The molecule has 1 heterocycles. The van der Waals surface area contributed by atoms with Gasteiger partial charge in [-0.05, 0) is 12.1 Å². The van der Waals surface area contributed by atoms with E-state index in [1.54, 1.807) is 6.07 Å². The predicted molar refractivity (Wildman–Crippen MR) is 52.1 cm³/mol. The Morgan fingerprint density at radius 1 is 1.36 bits per heavy atom. The van der Waals surface area contributed by atoms with Gasteiger partial charge < -0.3 is 19.7 Å². The molecule has 14 heavy (non-hydrogen) atoms. The Balaban J connectivity index is 2.60. The van der Waals surface area contributed by atoms with Crippen molar-refractivity contribution in [3.05, 3.63) is 22.2 Å². The Labute approximate surface area is 90.0 Å². The molecule has 1 aliphatic rings. The van der Waals surface area contributed by atoms with E-state index in [0.717, 1.165) is 0 Å². The van der Waals surface area contributed by atoms with Crippen molar-refractivity contribution in [2.24, 2.45) is 0 Å². The molecule has 0 aliphatic carbocycles. The first kappa shape index (κ1) is 9.83. The first-order chi connectivity index (χ1) is 6.48. The summed E-state index contributed by atoms with van der Waals surface area (Å²) in [5.74, 6) is 0.702. The molecule has 0 saturated carbocycles. The molecule has 0 fully saturated rings. The minimum absolute atomic E-state index is 0.0505. The molecule has 1 aromatic carbocycles. The first-order valence-corrected chi connectivity index (χ1v) is 4.61. The van der Waals surface area contributed by atoms with Crippen LogP contribution in [0.25, 0.3) is 0 Å². The summed E-state index contributed by atoms with van der Waals surface area (Å²) in [7, 11) is 5.15. The SMILES string of the molecule is [B]C(O)(O)c1cc(Br)cc2c1OCO2. The smallest absolute Gasteiger partial charge is 0.231 e. The molecule has 1 aliphatic heterocycles. The van der Waals surface area contributed by atoms with Gasteiger partial charge in [-0.2, -0.15) is 0 Å². The molecule has 0 bridgehead atoms. The maximum atomic E-state index is 9.25. The van der Waals surface area contributed by atoms with Crippen LogP contribution in [0.4, 0.5) is 0 Å². The van der Waals surface area contributed by atoms with E-state index in [1.807, 2.05) is 0 Å². The summed E-state index contributed by atoms with van der Waals surface area (Å²) in [6.45, 7) is 0.0505. The second-order valence-electron chi connectivity index (χ2n) is 2.91. The summed E-state index contributed by atoms with van der Waals surface area (Å²) in [5, 5.41) is 18.5. The Morgan fingerprint density at radius 2 is 2.07 bits per heavy atom. The number of halogens is 1. The van der Waals surface area contributed by atoms with Crippen LogP contribution in [-0.2, 0) is 5.69 Å². The summed E-state index contributed by atoms with van der Waals surface area (Å²) in [4.78, 5) is 0.